The van der Waals surface area contributed by atoms with Crippen molar-refractivity contribution < 1.29 is 4.74 Å². The van der Waals surface area contributed by atoms with E-state index in [1.807, 2.05) is 74.8 Å². The van der Waals surface area contributed by atoms with E-state index in [9.17, 15) is 0 Å². The Kier molecular flexibility index (Phi) is 5.12. The molecule has 0 aliphatic heterocycles. The lowest BCUT2D eigenvalue weighted by Crippen LogP contribution is -1.97. The van der Waals surface area contributed by atoms with Crippen LogP contribution in [0.2, 0.25) is 0 Å². The van der Waals surface area contributed by atoms with Gasteiger partial charge in [0.1, 0.15) is 23.1 Å². The number of benzene rings is 4. The average molecular weight is 533 g/mol. The fraction of sp³-hybridized carbons (Fsp3) is 0.0588. The Hall–Kier alpha value is -5.56. The van der Waals surface area contributed by atoms with Crippen molar-refractivity contribution in [1.82, 2.24) is 29.1 Å². The third kappa shape index (κ3) is 3.74. The van der Waals surface area contributed by atoms with Gasteiger partial charge < -0.3 is 13.9 Å². The molecular weight excluding hydrogens is 508 g/mol. The molecule has 4 aromatic heterocycles. The smallest absolute Gasteiger partial charge is 0.141 e. The van der Waals surface area contributed by atoms with Gasteiger partial charge in [-0.1, -0.05) is 24.3 Å². The zero-order valence-electron chi connectivity index (χ0n) is 22.5. The van der Waals surface area contributed by atoms with E-state index in [0.29, 0.717) is 11.5 Å². The summed E-state index contributed by atoms with van der Waals surface area (Å²) in [6.45, 7) is 0. The molecule has 0 aliphatic rings. The van der Waals surface area contributed by atoms with Gasteiger partial charge in [-0.15, -0.1) is 0 Å². The van der Waals surface area contributed by atoms with Gasteiger partial charge in [-0.05, 0) is 72.8 Å². The molecule has 196 valence electrons. The van der Waals surface area contributed by atoms with Crippen LogP contribution in [0.15, 0.2) is 109 Å². The highest BCUT2D eigenvalue weighted by Gasteiger charge is 2.17. The van der Waals surface area contributed by atoms with Gasteiger partial charge in [0, 0.05) is 48.4 Å². The van der Waals surface area contributed by atoms with Crippen LogP contribution in [0.5, 0.6) is 11.5 Å². The number of para-hydroxylation sites is 4. The van der Waals surface area contributed by atoms with E-state index in [1.165, 1.54) is 0 Å². The van der Waals surface area contributed by atoms with Crippen molar-refractivity contribution in [3.63, 3.8) is 0 Å². The first-order valence-corrected chi connectivity index (χ1v) is 13.4. The maximum atomic E-state index is 6.80. The molecule has 0 saturated carbocycles. The van der Waals surface area contributed by atoms with E-state index in [4.69, 9.17) is 14.7 Å². The molecule has 7 nitrogen and oxygen atoms in total. The molecule has 0 unspecified atom stereocenters. The van der Waals surface area contributed by atoms with Gasteiger partial charge in [-0.25, -0.2) is 9.97 Å². The number of aromatic nitrogens is 6. The predicted molar refractivity (Wildman–Crippen MR) is 163 cm³/mol. The van der Waals surface area contributed by atoms with Crippen molar-refractivity contribution in [2.45, 2.75) is 0 Å². The second-order valence-electron chi connectivity index (χ2n) is 10.2. The Morgan fingerprint density at radius 2 is 0.976 bits per heavy atom. The molecule has 41 heavy (non-hydrogen) atoms. The van der Waals surface area contributed by atoms with E-state index in [2.05, 4.69) is 55.5 Å². The van der Waals surface area contributed by atoms with Crippen molar-refractivity contribution in [3.05, 3.63) is 109 Å². The molecule has 0 N–H and O–H groups in total. The minimum absolute atomic E-state index is 0.699. The number of aryl methyl sites for hydroxylation is 2. The molecule has 0 radical (unpaired) electrons. The quantitative estimate of drug-likeness (QED) is 0.232. The molecule has 4 heterocycles. The highest BCUT2D eigenvalue weighted by Crippen LogP contribution is 2.39. The highest BCUT2D eigenvalue weighted by atomic mass is 16.5. The molecular formula is C34H24N6O. The van der Waals surface area contributed by atoms with Crippen LogP contribution in [-0.4, -0.2) is 29.1 Å². The summed E-state index contributed by atoms with van der Waals surface area (Å²) in [5.41, 5.74) is 7.55. The van der Waals surface area contributed by atoms with Crippen molar-refractivity contribution in [3.8, 4) is 34.3 Å². The minimum atomic E-state index is 0.699. The van der Waals surface area contributed by atoms with Crippen molar-refractivity contribution in [1.29, 1.82) is 0 Å². The van der Waals surface area contributed by atoms with Crippen molar-refractivity contribution in [2.24, 2.45) is 14.1 Å². The first-order valence-electron chi connectivity index (χ1n) is 13.4. The molecule has 0 aliphatic carbocycles. The third-order valence-corrected chi connectivity index (χ3v) is 7.68. The molecule has 4 aromatic carbocycles. The summed E-state index contributed by atoms with van der Waals surface area (Å²) in [5.74, 6) is 3.10. The fourth-order valence-corrected chi connectivity index (χ4v) is 5.65. The lowest BCUT2D eigenvalue weighted by atomic mass is 10.1. The van der Waals surface area contributed by atoms with Gasteiger partial charge in [0.05, 0.1) is 33.1 Å². The van der Waals surface area contributed by atoms with Crippen molar-refractivity contribution in [2.75, 3.05) is 0 Å². The van der Waals surface area contributed by atoms with Gasteiger partial charge in [-0.2, -0.15) is 0 Å². The Morgan fingerprint density at radius 1 is 0.512 bits per heavy atom. The first kappa shape index (κ1) is 23.3. The Balaban J connectivity index is 1.33. The van der Waals surface area contributed by atoms with Crippen LogP contribution in [-0.2, 0) is 14.1 Å². The highest BCUT2D eigenvalue weighted by molar-refractivity contribution is 5.94. The van der Waals surface area contributed by atoms with Crippen LogP contribution in [0.1, 0.15) is 0 Å². The van der Waals surface area contributed by atoms with Gasteiger partial charge in [0.15, 0.2) is 0 Å². The Morgan fingerprint density at radius 3 is 1.44 bits per heavy atom. The topological polar surface area (TPSA) is 70.7 Å². The van der Waals surface area contributed by atoms with E-state index in [-0.39, 0.29) is 0 Å². The maximum Gasteiger partial charge on any atom is 0.141 e. The molecule has 0 amide bonds. The second kappa shape index (κ2) is 8.99. The molecule has 0 spiro atoms. The SMILES string of the molecule is Cn1c(-c2cc(Oc3cc(-c4nc5ccccc5n4C)cc4ncccc34)c3cccnc3c2)nc2ccccc21. The molecule has 7 heteroatoms. The number of fused-ring (bicyclic) bond motifs is 4. The summed E-state index contributed by atoms with van der Waals surface area (Å²) in [5, 5.41) is 1.83. The first-order chi connectivity index (χ1) is 20.1. The molecule has 8 rings (SSSR count). The van der Waals surface area contributed by atoms with E-state index >= 15 is 0 Å². The molecule has 0 saturated heterocycles. The van der Waals surface area contributed by atoms with Gasteiger partial charge >= 0.3 is 0 Å². The minimum Gasteiger partial charge on any atom is -0.456 e. The molecule has 0 fully saturated rings. The standard InChI is InChI=1S/C34H24N6O/c1-39-29-13-5-3-11-25(29)37-33(39)21-17-27-23(9-7-15-35-27)31(19-21)41-32-20-22(18-28-24(32)10-8-16-36-28)34-38-26-12-4-6-14-30(26)40(34)2/h3-20H,1-2H3. The van der Waals surface area contributed by atoms with E-state index in [0.717, 1.165) is 66.6 Å². The van der Waals surface area contributed by atoms with E-state index < -0.39 is 0 Å². The van der Waals surface area contributed by atoms with Gasteiger partial charge in [0.2, 0.25) is 0 Å². The van der Waals surface area contributed by atoms with Crippen LogP contribution < -0.4 is 4.74 Å². The normalized spacial score (nSPS) is 11.7. The summed E-state index contributed by atoms with van der Waals surface area (Å²) < 4.78 is 11.0. The lowest BCUT2D eigenvalue weighted by Gasteiger charge is -2.14. The zero-order valence-corrected chi connectivity index (χ0v) is 22.5. The lowest BCUT2D eigenvalue weighted by molar-refractivity contribution is 0.494. The zero-order chi connectivity index (χ0) is 27.5. The molecule has 0 atom stereocenters. The summed E-state index contributed by atoms with van der Waals surface area (Å²) in [6, 6.07) is 32.4. The predicted octanol–water partition coefficient (Wildman–Crippen LogP) is 7.68. The number of ether oxygens (including phenoxy) is 1. The third-order valence-electron chi connectivity index (χ3n) is 7.68. The van der Waals surface area contributed by atoms with Gasteiger partial charge in [-0.3, -0.25) is 9.97 Å². The fourth-order valence-electron chi connectivity index (χ4n) is 5.65. The monoisotopic (exact) mass is 532 g/mol. The van der Waals surface area contributed by atoms with Crippen LogP contribution >= 0.6 is 0 Å². The van der Waals surface area contributed by atoms with Crippen molar-refractivity contribution >= 4 is 43.9 Å². The number of hydrogen-bond donors (Lipinski definition) is 0. The number of hydrogen-bond acceptors (Lipinski definition) is 5. The number of rotatable bonds is 4. The number of nitrogens with zero attached hydrogens (tertiary/aromatic N) is 6. The van der Waals surface area contributed by atoms with Crippen LogP contribution in [0.3, 0.4) is 0 Å². The summed E-state index contributed by atoms with van der Waals surface area (Å²) >= 11 is 0. The van der Waals surface area contributed by atoms with E-state index in [1.54, 1.807) is 12.4 Å². The molecule has 0 bridgehead atoms. The second-order valence-corrected chi connectivity index (χ2v) is 10.2. The Labute approximate surface area is 235 Å². The summed E-state index contributed by atoms with van der Waals surface area (Å²) in [7, 11) is 4.07. The van der Waals surface area contributed by atoms with Crippen LogP contribution in [0.4, 0.5) is 0 Å². The average Bonchev–Trinajstić information content (AvgIpc) is 3.54. The Bertz CT molecular complexity index is 2120. The van der Waals surface area contributed by atoms with Gasteiger partial charge in [0.25, 0.3) is 0 Å². The number of imidazole rings is 2. The van der Waals surface area contributed by atoms with Crippen LogP contribution in [0, 0.1) is 0 Å². The summed E-state index contributed by atoms with van der Waals surface area (Å²) in [6.07, 6.45) is 3.60. The van der Waals surface area contributed by atoms with Crippen LogP contribution in [0.25, 0.3) is 66.6 Å². The number of pyridine rings is 2. The summed E-state index contributed by atoms with van der Waals surface area (Å²) in [4.78, 5) is 19.2. The molecule has 8 aromatic rings. The largest absolute Gasteiger partial charge is 0.456 e. The maximum absolute atomic E-state index is 6.80.